The molecule has 0 aliphatic heterocycles. The van der Waals surface area contributed by atoms with Crippen LogP contribution in [0.2, 0.25) is 5.28 Å². The highest BCUT2D eigenvalue weighted by atomic mass is 35.5. The standard InChI is InChI=1S/C5H7ClN2/c1-3-4(2)8-5(6)7-3/h1-2H3,(H,7,8). The molecule has 1 rings (SSSR count). The first-order valence-electron chi connectivity index (χ1n) is 2.39. The van der Waals surface area contributed by atoms with E-state index in [0.29, 0.717) is 5.28 Å². The third-order valence-electron chi connectivity index (χ3n) is 1.10. The number of nitrogens with one attached hydrogen (secondary N) is 1. The average Bonchev–Trinajstić information content (AvgIpc) is 1.85. The molecular weight excluding hydrogens is 124 g/mol. The van der Waals surface area contributed by atoms with E-state index in [1.54, 1.807) is 0 Å². The molecule has 1 N–H and O–H groups in total. The summed E-state index contributed by atoms with van der Waals surface area (Å²) in [6.07, 6.45) is 0. The van der Waals surface area contributed by atoms with Gasteiger partial charge in [0, 0.05) is 5.69 Å². The lowest BCUT2D eigenvalue weighted by Crippen LogP contribution is -1.71. The molecule has 0 fully saturated rings. The minimum atomic E-state index is 0.472. The molecule has 8 heavy (non-hydrogen) atoms. The average molecular weight is 131 g/mol. The van der Waals surface area contributed by atoms with E-state index in [4.69, 9.17) is 11.6 Å². The van der Waals surface area contributed by atoms with Crippen LogP contribution < -0.4 is 0 Å². The van der Waals surface area contributed by atoms with E-state index in [0.717, 1.165) is 11.4 Å². The summed E-state index contributed by atoms with van der Waals surface area (Å²) < 4.78 is 0. The van der Waals surface area contributed by atoms with Crippen LogP contribution in [0.5, 0.6) is 0 Å². The molecule has 0 bridgehead atoms. The van der Waals surface area contributed by atoms with Crippen molar-refractivity contribution in [1.82, 2.24) is 9.97 Å². The van der Waals surface area contributed by atoms with Crippen molar-refractivity contribution in [2.24, 2.45) is 0 Å². The fraction of sp³-hybridized carbons (Fsp3) is 0.400. The number of aromatic amines is 1. The molecule has 1 aromatic rings. The zero-order valence-electron chi connectivity index (χ0n) is 4.83. The molecule has 0 saturated heterocycles. The van der Waals surface area contributed by atoms with Gasteiger partial charge in [-0.2, -0.15) is 0 Å². The van der Waals surface area contributed by atoms with Crippen LogP contribution in [0.25, 0.3) is 0 Å². The molecule has 0 amide bonds. The first-order chi connectivity index (χ1) is 3.70. The smallest absolute Gasteiger partial charge is 0.200 e. The highest BCUT2D eigenvalue weighted by Crippen LogP contribution is 2.06. The molecule has 0 saturated carbocycles. The largest absolute Gasteiger partial charge is 0.333 e. The Bertz CT molecular complexity index is 173. The van der Waals surface area contributed by atoms with Gasteiger partial charge in [0.25, 0.3) is 0 Å². The second-order valence-electron chi connectivity index (χ2n) is 1.74. The normalized spacial score (nSPS) is 9.88. The van der Waals surface area contributed by atoms with E-state index in [1.807, 2.05) is 13.8 Å². The van der Waals surface area contributed by atoms with E-state index in [9.17, 15) is 0 Å². The van der Waals surface area contributed by atoms with Gasteiger partial charge in [0.15, 0.2) is 5.28 Å². The molecule has 0 radical (unpaired) electrons. The molecule has 44 valence electrons. The van der Waals surface area contributed by atoms with Crippen molar-refractivity contribution >= 4 is 11.6 Å². The van der Waals surface area contributed by atoms with Crippen molar-refractivity contribution < 1.29 is 0 Å². The molecule has 1 heterocycles. The van der Waals surface area contributed by atoms with Crippen LogP contribution >= 0.6 is 11.6 Å². The lowest BCUT2D eigenvalue weighted by Gasteiger charge is -1.78. The summed E-state index contributed by atoms with van der Waals surface area (Å²) in [5, 5.41) is 0.472. The number of halogens is 1. The molecule has 2 nitrogen and oxygen atoms in total. The van der Waals surface area contributed by atoms with Crippen LogP contribution in [-0.2, 0) is 0 Å². The van der Waals surface area contributed by atoms with Crippen molar-refractivity contribution in [2.45, 2.75) is 13.8 Å². The zero-order valence-corrected chi connectivity index (χ0v) is 5.58. The molecule has 0 atom stereocenters. The van der Waals surface area contributed by atoms with Gasteiger partial charge in [-0.3, -0.25) is 0 Å². The number of imidazole rings is 1. The molecule has 0 aliphatic rings. The third kappa shape index (κ3) is 0.842. The Hall–Kier alpha value is -0.500. The third-order valence-corrected chi connectivity index (χ3v) is 1.28. The maximum atomic E-state index is 5.50. The Balaban J connectivity index is 3.14. The topological polar surface area (TPSA) is 28.7 Å². The van der Waals surface area contributed by atoms with Crippen LogP contribution in [0.1, 0.15) is 11.4 Å². The van der Waals surface area contributed by atoms with Gasteiger partial charge in [-0.25, -0.2) is 4.98 Å². The van der Waals surface area contributed by atoms with Gasteiger partial charge in [0.2, 0.25) is 0 Å². The SMILES string of the molecule is Cc1nc(Cl)[nH]c1C. The number of H-pyrrole nitrogens is 1. The van der Waals surface area contributed by atoms with Crippen molar-refractivity contribution in [3.8, 4) is 0 Å². The maximum Gasteiger partial charge on any atom is 0.200 e. The van der Waals surface area contributed by atoms with Gasteiger partial charge in [0.1, 0.15) is 0 Å². The Morgan fingerprint density at radius 2 is 2.12 bits per heavy atom. The Morgan fingerprint density at radius 1 is 1.50 bits per heavy atom. The first-order valence-corrected chi connectivity index (χ1v) is 2.76. The fourth-order valence-electron chi connectivity index (χ4n) is 0.504. The van der Waals surface area contributed by atoms with E-state index in [1.165, 1.54) is 0 Å². The Labute approximate surface area is 52.9 Å². The summed E-state index contributed by atoms with van der Waals surface area (Å²) in [6, 6.07) is 0. The predicted octanol–water partition coefficient (Wildman–Crippen LogP) is 1.68. The summed E-state index contributed by atoms with van der Waals surface area (Å²) in [6.45, 7) is 3.85. The molecular formula is C5H7ClN2. The summed E-state index contributed by atoms with van der Waals surface area (Å²) in [7, 11) is 0. The summed E-state index contributed by atoms with van der Waals surface area (Å²) >= 11 is 5.50. The van der Waals surface area contributed by atoms with E-state index >= 15 is 0 Å². The number of hydrogen-bond donors (Lipinski definition) is 1. The maximum absolute atomic E-state index is 5.50. The molecule has 0 unspecified atom stereocenters. The number of rotatable bonds is 0. The fourth-order valence-corrected chi connectivity index (χ4v) is 0.773. The van der Waals surface area contributed by atoms with Gasteiger partial charge in [0.05, 0.1) is 5.69 Å². The van der Waals surface area contributed by atoms with Gasteiger partial charge >= 0.3 is 0 Å². The van der Waals surface area contributed by atoms with E-state index in [-0.39, 0.29) is 0 Å². The Kier molecular flexibility index (Phi) is 1.26. The van der Waals surface area contributed by atoms with Gasteiger partial charge in [-0.1, -0.05) is 0 Å². The van der Waals surface area contributed by atoms with Crippen LogP contribution in [0.15, 0.2) is 0 Å². The van der Waals surface area contributed by atoms with Gasteiger partial charge in [-0.05, 0) is 25.4 Å². The monoisotopic (exact) mass is 130 g/mol. The van der Waals surface area contributed by atoms with Crippen molar-refractivity contribution in [2.75, 3.05) is 0 Å². The van der Waals surface area contributed by atoms with Gasteiger partial charge in [-0.15, -0.1) is 0 Å². The predicted molar refractivity (Wildman–Crippen MR) is 33.1 cm³/mol. The highest BCUT2D eigenvalue weighted by molar-refractivity contribution is 6.28. The number of hydrogen-bond acceptors (Lipinski definition) is 1. The van der Waals surface area contributed by atoms with Crippen LogP contribution in [0, 0.1) is 13.8 Å². The number of nitrogens with zero attached hydrogens (tertiary/aromatic N) is 1. The molecule has 0 aromatic carbocycles. The van der Waals surface area contributed by atoms with Crippen LogP contribution in [0.3, 0.4) is 0 Å². The quantitative estimate of drug-likeness (QED) is 0.569. The van der Waals surface area contributed by atoms with Crippen molar-refractivity contribution in [3.63, 3.8) is 0 Å². The summed E-state index contributed by atoms with van der Waals surface area (Å²) in [5.41, 5.74) is 2.00. The molecule has 0 spiro atoms. The van der Waals surface area contributed by atoms with Gasteiger partial charge < -0.3 is 4.98 Å². The van der Waals surface area contributed by atoms with Crippen LogP contribution in [-0.4, -0.2) is 9.97 Å². The lowest BCUT2D eigenvalue weighted by atomic mass is 10.4. The van der Waals surface area contributed by atoms with Crippen LogP contribution in [0.4, 0.5) is 0 Å². The second kappa shape index (κ2) is 1.78. The Morgan fingerprint density at radius 3 is 2.25 bits per heavy atom. The molecule has 3 heteroatoms. The minimum Gasteiger partial charge on any atom is -0.333 e. The van der Waals surface area contributed by atoms with Crippen molar-refractivity contribution in [1.29, 1.82) is 0 Å². The molecule has 1 aromatic heterocycles. The lowest BCUT2D eigenvalue weighted by molar-refractivity contribution is 1.22. The first kappa shape index (κ1) is 5.63. The van der Waals surface area contributed by atoms with Crippen molar-refractivity contribution in [3.05, 3.63) is 16.7 Å². The summed E-state index contributed by atoms with van der Waals surface area (Å²) in [4.78, 5) is 6.78. The summed E-state index contributed by atoms with van der Waals surface area (Å²) in [5.74, 6) is 0. The molecule has 0 aliphatic carbocycles. The highest BCUT2D eigenvalue weighted by Gasteiger charge is 1.95. The second-order valence-corrected chi connectivity index (χ2v) is 2.10. The number of aromatic nitrogens is 2. The minimum absolute atomic E-state index is 0.472. The van der Waals surface area contributed by atoms with E-state index in [2.05, 4.69) is 9.97 Å². The van der Waals surface area contributed by atoms with E-state index < -0.39 is 0 Å². The number of aryl methyl sites for hydroxylation is 2. The zero-order chi connectivity index (χ0) is 6.15.